The molecule has 0 radical (unpaired) electrons. The van der Waals surface area contributed by atoms with Gasteiger partial charge in [-0.3, -0.25) is 5.01 Å². The van der Waals surface area contributed by atoms with Gasteiger partial charge in [0.05, 0.1) is 18.3 Å². The van der Waals surface area contributed by atoms with Crippen LogP contribution in [0, 0.1) is 0 Å². The van der Waals surface area contributed by atoms with E-state index in [-0.39, 0.29) is 11.8 Å². The van der Waals surface area contributed by atoms with Gasteiger partial charge < -0.3 is 9.84 Å². The van der Waals surface area contributed by atoms with Gasteiger partial charge >= 0.3 is 5.97 Å². The highest BCUT2D eigenvalue weighted by atomic mass is 16.5. The molecule has 3 rings (SSSR count). The van der Waals surface area contributed by atoms with Gasteiger partial charge in [-0.1, -0.05) is 30.3 Å². The van der Waals surface area contributed by atoms with E-state index in [1.165, 1.54) is 0 Å². The topological polar surface area (TPSA) is 62.1 Å². The van der Waals surface area contributed by atoms with E-state index in [2.05, 4.69) is 5.10 Å². The van der Waals surface area contributed by atoms with E-state index in [1.54, 1.807) is 5.01 Å². The molecule has 0 amide bonds. The first kappa shape index (κ1) is 15.1. The number of anilines is 1. The Bertz CT molecular complexity index is 711. The van der Waals surface area contributed by atoms with Crippen molar-refractivity contribution < 1.29 is 14.6 Å². The molecular weight excluding hydrogens is 292 g/mol. The van der Waals surface area contributed by atoms with Gasteiger partial charge in [0.2, 0.25) is 0 Å². The third-order valence-electron chi connectivity index (χ3n) is 3.75. The third kappa shape index (κ3) is 3.18. The van der Waals surface area contributed by atoms with Crippen molar-refractivity contribution in [2.45, 2.75) is 19.4 Å². The smallest absolute Gasteiger partial charge is 0.352 e. The van der Waals surface area contributed by atoms with E-state index < -0.39 is 5.97 Å². The van der Waals surface area contributed by atoms with Gasteiger partial charge in [-0.25, -0.2) is 4.79 Å². The van der Waals surface area contributed by atoms with Crippen LogP contribution in [0.15, 0.2) is 59.7 Å². The molecule has 2 aromatic carbocycles. The Morgan fingerprint density at radius 3 is 2.52 bits per heavy atom. The molecule has 1 N–H and O–H groups in total. The first-order valence-corrected chi connectivity index (χ1v) is 7.57. The maximum atomic E-state index is 11.3. The number of benzene rings is 2. The summed E-state index contributed by atoms with van der Waals surface area (Å²) in [6.45, 7) is 2.54. The van der Waals surface area contributed by atoms with Crippen molar-refractivity contribution in [2.75, 3.05) is 11.6 Å². The third-order valence-corrected chi connectivity index (χ3v) is 3.75. The number of hydrogen-bond donors (Lipinski definition) is 1. The zero-order chi connectivity index (χ0) is 16.2. The summed E-state index contributed by atoms with van der Waals surface area (Å²) in [7, 11) is 0. The predicted molar refractivity (Wildman–Crippen MR) is 89.0 cm³/mol. The molecule has 1 aliphatic rings. The molecule has 2 aromatic rings. The average molecular weight is 310 g/mol. The molecule has 0 saturated heterocycles. The van der Waals surface area contributed by atoms with Crippen LogP contribution >= 0.6 is 0 Å². The number of ether oxygens (including phenoxy) is 1. The number of nitrogens with zero attached hydrogens (tertiary/aromatic N) is 2. The Labute approximate surface area is 134 Å². The van der Waals surface area contributed by atoms with Crippen molar-refractivity contribution in [1.82, 2.24) is 0 Å². The number of rotatable bonds is 5. The monoisotopic (exact) mass is 310 g/mol. The minimum Gasteiger partial charge on any atom is -0.494 e. The fraction of sp³-hybridized carbons (Fsp3) is 0.222. The second kappa shape index (κ2) is 6.52. The molecule has 0 fully saturated rings. The second-order valence-electron chi connectivity index (χ2n) is 5.25. The zero-order valence-electron chi connectivity index (χ0n) is 12.8. The quantitative estimate of drug-likeness (QED) is 0.918. The fourth-order valence-corrected chi connectivity index (χ4v) is 2.67. The van der Waals surface area contributed by atoms with E-state index in [9.17, 15) is 9.90 Å². The summed E-state index contributed by atoms with van der Waals surface area (Å²) in [5, 5.41) is 15.4. The molecule has 1 unspecified atom stereocenters. The van der Waals surface area contributed by atoms with Crippen molar-refractivity contribution in [3.8, 4) is 5.75 Å². The first-order valence-electron chi connectivity index (χ1n) is 7.57. The molecule has 0 aliphatic carbocycles. The van der Waals surface area contributed by atoms with Gasteiger partial charge in [-0.2, -0.15) is 5.10 Å². The van der Waals surface area contributed by atoms with E-state index in [4.69, 9.17) is 4.74 Å². The second-order valence-corrected chi connectivity index (χ2v) is 5.25. The van der Waals surface area contributed by atoms with E-state index >= 15 is 0 Å². The number of carboxylic acid groups (broad SMARTS) is 1. The van der Waals surface area contributed by atoms with Gasteiger partial charge in [-0.15, -0.1) is 0 Å². The van der Waals surface area contributed by atoms with Crippen LogP contribution in [-0.2, 0) is 4.79 Å². The first-order chi connectivity index (χ1) is 11.2. The lowest BCUT2D eigenvalue weighted by Gasteiger charge is -2.24. The molecular formula is C18H18N2O3. The van der Waals surface area contributed by atoms with Crippen molar-refractivity contribution >= 4 is 17.4 Å². The average Bonchev–Trinajstić information content (AvgIpc) is 3.02. The summed E-state index contributed by atoms with van der Waals surface area (Å²) < 4.78 is 5.45. The predicted octanol–water partition coefficient (Wildman–Crippen LogP) is 3.48. The molecule has 1 heterocycles. The zero-order valence-corrected chi connectivity index (χ0v) is 12.8. The Kier molecular flexibility index (Phi) is 4.28. The molecule has 0 aromatic heterocycles. The highest BCUT2D eigenvalue weighted by molar-refractivity contribution is 6.36. The summed E-state index contributed by atoms with van der Waals surface area (Å²) in [6.07, 6.45) is 0.382. The number of hydrazone groups is 1. The number of hydrogen-bond acceptors (Lipinski definition) is 4. The lowest BCUT2D eigenvalue weighted by molar-refractivity contribution is -0.129. The van der Waals surface area contributed by atoms with Crippen LogP contribution < -0.4 is 9.75 Å². The Morgan fingerprint density at radius 2 is 1.91 bits per heavy atom. The number of aliphatic carboxylic acids is 1. The van der Waals surface area contributed by atoms with E-state index in [1.807, 2.05) is 61.5 Å². The molecule has 1 atom stereocenters. The standard InChI is InChI=1S/C18H18N2O3/c1-2-23-15-10-8-14(9-11-15)20-17(12-16(19-20)18(21)22)13-6-4-3-5-7-13/h3-11,17H,2,12H2,1H3,(H,21,22). The summed E-state index contributed by atoms with van der Waals surface area (Å²) >= 11 is 0. The van der Waals surface area contributed by atoms with E-state index in [0.29, 0.717) is 13.0 Å². The molecule has 5 nitrogen and oxygen atoms in total. The van der Waals surface area contributed by atoms with Crippen LogP contribution in [0.2, 0.25) is 0 Å². The SMILES string of the molecule is CCOc1ccc(N2N=C(C(=O)O)CC2c2ccccc2)cc1. The Morgan fingerprint density at radius 1 is 1.22 bits per heavy atom. The van der Waals surface area contributed by atoms with Crippen molar-refractivity contribution in [3.05, 3.63) is 60.2 Å². The minimum absolute atomic E-state index is 0.111. The lowest BCUT2D eigenvalue weighted by Crippen LogP contribution is -2.18. The van der Waals surface area contributed by atoms with Crippen LogP contribution in [0.3, 0.4) is 0 Å². The molecule has 23 heavy (non-hydrogen) atoms. The van der Waals surface area contributed by atoms with Gasteiger partial charge in [0.1, 0.15) is 11.5 Å². The number of carboxylic acids is 1. The maximum Gasteiger partial charge on any atom is 0.352 e. The normalized spacial score (nSPS) is 17.0. The molecule has 5 heteroatoms. The van der Waals surface area contributed by atoms with Gasteiger partial charge in [0.15, 0.2) is 0 Å². The Hall–Kier alpha value is -2.82. The fourth-order valence-electron chi connectivity index (χ4n) is 2.67. The van der Waals surface area contributed by atoms with Crippen LogP contribution in [0.25, 0.3) is 0 Å². The van der Waals surface area contributed by atoms with Crippen LogP contribution in [0.1, 0.15) is 24.9 Å². The summed E-state index contributed by atoms with van der Waals surface area (Å²) in [5.41, 5.74) is 2.06. The molecule has 118 valence electrons. The molecule has 0 bridgehead atoms. The van der Waals surface area contributed by atoms with Gasteiger partial charge in [0, 0.05) is 6.42 Å². The summed E-state index contributed by atoms with van der Waals surface area (Å²) in [4.78, 5) is 11.3. The highest BCUT2D eigenvalue weighted by Crippen LogP contribution is 2.35. The Balaban J connectivity index is 1.93. The van der Waals surface area contributed by atoms with Crippen molar-refractivity contribution in [3.63, 3.8) is 0 Å². The lowest BCUT2D eigenvalue weighted by atomic mass is 10.0. The number of carbonyl (C=O) groups is 1. The minimum atomic E-state index is -0.973. The molecule has 0 saturated carbocycles. The highest BCUT2D eigenvalue weighted by Gasteiger charge is 2.32. The van der Waals surface area contributed by atoms with E-state index in [0.717, 1.165) is 17.0 Å². The van der Waals surface area contributed by atoms with Crippen LogP contribution in [-0.4, -0.2) is 23.4 Å². The van der Waals surface area contributed by atoms with Crippen LogP contribution in [0.5, 0.6) is 5.75 Å². The van der Waals surface area contributed by atoms with Crippen LogP contribution in [0.4, 0.5) is 5.69 Å². The van der Waals surface area contributed by atoms with Crippen molar-refractivity contribution in [2.24, 2.45) is 5.10 Å². The maximum absolute atomic E-state index is 11.3. The summed E-state index contributed by atoms with van der Waals surface area (Å²) in [5.74, 6) is -0.187. The van der Waals surface area contributed by atoms with Gasteiger partial charge in [-0.05, 0) is 36.8 Å². The largest absolute Gasteiger partial charge is 0.494 e. The van der Waals surface area contributed by atoms with Gasteiger partial charge in [0.25, 0.3) is 0 Å². The molecule has 0 spiro atoms. The van der Waals surface area contributed by atoms with Crippen molar-refractivity contribution in [1.29, 1.82) is 0 Å². The summed E-state index contributed by atoms with van der Waals surface area (Å²) in [6, 6.07) is 17.3. The molecule has 1 aliphatic heterocycles.